The number of carbonyl (C=O) groups excluding carboxylic acids is 1. The molecule has 2 aromatic carbocycles. The Labute approximate surface area is 133 Å². The number of rotatable bonds is 4. The number of hydrogen-bond acceptors (Lipinski definition) is 4. The molecule has 7 heteroatoms. The van der Waals surface area contributed by atoms with Crippen LogP contribution in [0.3, 0.4) is 0 Å². The largest absolute Gasteiger partial charge is 0.466 e. The molecule has 0 aliphatic carbocycles. The molecule has 0 unspecified atom stereocenters. The summed E-state index contributed by atoms with van der Waals surface area (Å²) in [7, 11) is 1.65. The summed E-state index contributed by atoms with van der Waals surface area (Å²) in [5.41, 5.74) is 0.908. The third-order valence-electron chi connectivity index (χ3n) is 2.91. The van der Waals surface area contributed by atoms with Crippen molar-refractivity contribution >= 4 is 48.9 Å². The van der Waals surface area contributed by atoms with E-state index in [-0.39, 0.29) is 29.9 Å². The highest BCUT2D eigenvalue weighted by molar-refractivity contribution is 8.14. The van der Waals surface area contributed by atoms with Crippen molar-refractivity contribution < 1.29 is 17.9 Å². The number of carbonyl (C=O) groups is 1. The van der Waals surface area contributed by atoms with Gasteiger partial charge in [-0.15, -0.1) is 12.4 Å². The normalized spacial score (nSPS) is 11.0. The summed E-state index contributed by atoms with van der Waals surface area (Å²) >= 11 is 0. The molecule has 0 aliphatic rings. The summed E-state index contributed by atoms with van der Waals surface area (Å²) in [4.78, 5) is 10.9. The van der Waals surface area contributed by atoms with Crippen molar-refractivity contribution in [2.24, 2.45) is 0 Å². The molecule has 0 atom stereocenters. The van der Waals surface area contributed by atoms with E-state index < -0.39 is 9.05 Å². The van der Waals surface area contributed by atoms with Gasteiger partial charge in [0, 0.05) is 29.4 Å². The number of hydrogen-bond donors (Lipinski definition) is 0. The van der Waals surface area contributed by atoms with Crippen LogP contribution in [0.1, 0.15) is 12.5 Å². The zero-order valence-electron chi connectivity index (χ0n) is 11.2. The van der Waals surface area contributed by atoms with Gasteiger partial charge in [-0.05, 0) is 17.0 Å². The van der Waals surface area contributed by atoms with E-state index in [4.69, 9.17) is 15.4 Å². The first-order chi connectivity index (χ1) is 9.39. The van der Waals surface area contributed by atoms with Crippen molar-refractivity contribution in [3.8, 4) is 0 Å². The Balaban J connectivity index is 0.00000220. The molecule has 0 saturated carbocycles. The van der Waals surface area contributed by atoms with Gasteiger partial charge < -0.3 is 4.74 Å². The lowest BCUT2D eigenvalue weighted by Crippen LogP contribution is -2.04. The summed E-state index contributed by atoms with van der Waals surface area (Å²) in [6.07, 6.45) is 0.517. The Morgan fingerprint density at radius 3 is 2.33 bits per heavy atom. The Kier molecular flexibility index (Phi) is 6.01. The molecule has 0 aliphatic heterocycles. The first-order valence-corrected chi connectivity index (χ1v) is 8.29. The molecular formula is C14H14Cl2O4S. The van der Waals surface area contributed by atoms with Gasteiger partial charge in [-0.3, -0.25) is 4.79 Å². The van der Waals surface area contributed by atoms with Gasteiger partial charge in [-0.2, -0.15) is 0 Å². The van der Waals surface area contributed by atoms with Gasteiger partial charge >= 0.3 is 5.97 Å². The van der Waals surface area contributed by atoms with E-state index in [9.17, 15) is 13.2 Å². The molecule has 0 saturated heterocycles. The SMILES string of the molecule is CC(=O)OCCc1ccc(S(=O)(=O)Cl)c2ccccc12.Cl. The van der Waals surface area contributed by atoms with E-state index in [0.29, 0.717) is 11.8 Å². The van der Waals surface area contributed by atoms with Crippen molar-refractivity contribution in [2.75, 3.05) is 6.61 Å². The molecule has 0 amide bonds. The summed E-state index contributed by atoms with van der Waals surface area (Å²) < 4.78 is 28.0. The molecule has 4 nitrogen and oxygen atoms in total. The summed E-state index contributed by atoms with van der Waals surface area (Å²) in [6, 6.07) is 10.3. The standard InChI is InChI=1S/C14H13ClO4S.ClH/c1-10(16)19-9-8-11-6-7-14(20(15,17)18)13-5-3-2-4-12(11)13;/h2-7H,8-9H2,1H3;1H. The van der Waals surface area contributed by atoms with Crippen molar-refractivity contribution in [1.82, 2.24) is 0 Å². The van der Waals surface area contributed by atoms with Crippen LogP contribution < -0.4 is 0 Å². The van der Waals surface area contributed by atoms with Crippen LogP contribution in [-0.2, 0) is 25.0 Å². The average molecular weight is 349 g/mol. The molecule has 0 fully saturated rings. The minimum Gasteiger partial charge on any atom is -0.466 e. The first kappa shape index (κ1) is 17.8. The number of halogens is 2. The molecule has 2 rings (SSSR count). The predicted molar refractivity (Wildman–Crippen MR) is 84.6 cm³/mol. The highest BCUT2D eigenvalue weighted by Gasteiger charge is 2.15. The summed E-state index contributed by atoms with van der Waals surface area (Å²) in [5.74, 6) is -0.339. The molecule has 21 heavy (non-hydrogen) atoms. The van der Waals surface area contributed by atoms with Crippen LogP contribution in [0.2, 0.25) is 0 Å². The molecule has 0 aromatic heterocycles. The Morgan fingerprint density at radius 1 is 1.14 bits per heavy atom. The highest BCUT2D eigenvalue weighted by Crippen LogP contribution is 2.28. The van der Waals surface area contributed by atoms with Gasteiger partial charge in [0.05, 0.1) is 11.5 Å². The summed E-state index contributed by atoms with van der Waals surface area (Å²) in [6.45, 7) is 1.60. The lowest BCUT2D eigenvalue weighted by molar-refractivity contribution is -0.140. The fourth-order valence-corrected chi connectivity index (χ4v) is 3.14. The van der Waals surface area contributed by atoms with E-state index in [1.807, 2.05) is 12.1 Å². The highest BCUT2D eigenvalue weighted by atomic mass is 35.7. The molecule has 0 N–H and O–H groups in total. The van der Waals surface area contributed by atoms with Crippen molar-refractivity contribution in [3.63, 3.8) is 0 Å². The minimum absolute atomic E-state index is 0. The van der Waals surface area contributed by atoms with Crippen molar-refractivity contribution in [1.29, 1.82) is 0 Å². The first-order valence-electron chi connectivity index (χ1n) is 5.98. The maximum absolute atomic E-state index is 11.6. The van der Waals surface area contributed by atoms with Crippen LogP contribution in [-0.4, -0.2) is 21.0 Å². The van der Waals surface area contributed by atoms with Gasteiger partial charge in [0.25, 0.3) is 9.05 Å². The second-order valence-corrected chi connectivity index (χ2v) is 6.83. The Hall–Kier alpha value is -1.30. The smallest absolute Gasteiger partial charge is 0.302 e. The molecule has 0 heterocycles. The Morgan fingerprint density at radius 2 is 1.76 bits per heavy atom. The zero-order chi connectivity index (χ0) is 14.8. The van der Waals surface area contributed by atoms with E-state index in [2.05, 4.69) is 0 Å². The summed E-state index contributed by atoms with van der Waals surface area (Å²) in [5, 5.41) is 1.37. The van der Waals surface area contributed by atoms with E-state index in [0.717, 1.165) is 10.9 Å². The Bertz CT molecular complexity index is 757. The third kappa shape index (κ3) is 4.33. The van der Waals surface area contributed by atoms with Crippen molar-refractivity contribution in [2.45, 2.75) is 18.2 Å². The average Bonchev–Trinajstić information content (AvgIpc) is 2.37. The number of esters is 1. The van der Waals surface area contributed by atoms with Crippen LogP contribution in [0.25, 0.3) is 10.8 Å². The van der Waals surface area contributed by atoms with Gasteiger partial charge in [0.15, 0.2) is 0 Å². The number of fused-ring (bicyclic) bond motifs is 1. The molecule has 0 bridgehead atoms. The number of benzene rings is 2. The molecule has 114 valence electrons. The third-order valence-corrected chi connectivity index (χ3v) is 4.29. The van der Waals surface area contributed by atoms with Gasteiger partial charge in [-0.25, -0.2) is 8.42 Å². The van der Waals surface area contributed by atoms with Crippen LogP contribution in [0.15, 0.2) is 41.3 Å². The molecule has 2 aromatic rings. The molecule has 0 radical (unpaired) electrons. The fourth-order valence-electron chi connectivity index (χ4n) is 2.07. The van der Waals surface area contributed by atoms with E-state index in [1.165, 1.54) is 13.0 Å². The quantitative estimate of drug-likeness (QED) is 0.628. The minimum atomic E-state index is -3.79. The molecular weight excluding hydrogens is 335 g/mol. The zero-order valence-corrected chi connectivity index (χ0v) is 13.6. The van der Waals surface area contributed by atoms with E-state index >= 15 is 0 Å². The monoisotopic (exact) mass is 348 g/mol. The lowest BCUT2D eigenvalue weighted by Gasteiger charge is -2.09. The van der Waals surface area contributed by atoms with Gasteiger partial charge in [0.1, 0.15) is 0 Å². The van der Waals surface area contributed by atoms with E-state index in [1.54, 1.807) is 18.2 Å². The van der Waals surface area contributed by atoms with Gasteiger partial charge in [-0.1, -0.05) is 30.3 Å². The maximum atomic E-state index is 11.6. The van der Waals surface area contributed by atoms with Crippen LogP contribution in [0.4, 0.5) is 0 Å². The number of ether oxygens (including phenoxy) is 1. The fraction of sp³-hybridized carbons (Fsp3) is 0.214. The predicted octanol–water partition coefficient (Wildman–Crippen LogP) is 3.29. The van der Waals surface area contributed by atoms with Crippen LogP contribution in [0.5, 0.6) is 0 Å². The van der Waals surface area contributed by atoms with Gasteiger partial charge in [0.2, 0.25) is 0 Å². The van der Waals surface area contributed by atoms with Crippen molar-refractivity contribution in [3.05, 3.63) is 42.0 Å². The molecule has 0 spiro atoms. The topological polar surface area (TPSA) is 60.4 Å². The second-order valence-electron chi connectivity index (χ2n) is 4.30. The second kappa shape index (κ2) is 7.11. The lowest BCUT2D eigenvalue weighted by atomic mass is 10.0. The van der Waals surface area contributed by atoms with Crippen LogP contribution >= 0.6 is 23.1 Å². The maximum Gasteiger partial charge on any atom is 0.302 e. The van der Waals surface area contributed by atoms with Crippen LogP contribution in [0, 0.1) is 0 Å².